The van der Waals surface area contributed by atoms with Gasteiger partial charge < -0.3 is 19.7 Å². The van der Waals surface area contributed by atoms with Gasteiger partial charge in [-0.25, -0.2) is 4.79 Å². The van der Waals surface area contributed by atoms with E-state index >= 15 is 0 Å². The Bertz CT molecular complexity index is 502. The van der Waals surface area contributed by atoms with Gasteiger partial charge in [-0.05, 0) is 26.0 Å². The number of carbonyl (C=O) groups is 1. The molecule has 2 heterocycles. The smallest absolute Gasteiger partial charge is 0.343 e. The first-order chi connectivity index (χ1) is 9.46. The zero-order chi connectivity index (χ0) is 14.8. The van der Waals surface area contributed by atoms with Crippen LogP contribution < -0.4 is 15.0 Å². The van der Waals surface area contributed by atoms with Gasteiger partial charge in [0.15, 0.2) is 0 Å². The molecule has 6 heteroatoms. The normalized spacial score (nSPS) is 17.7. The van der Waals surface area contributed by atoms with Crippen LogP contribution in [0.4, 0.5) is 5.82 Å². The minimum Gasteiger partial charge on any atom is -0.480 e. The Hall–Kier alpha value is -1.82. The molecule has 1 saturated heterocycles. The van der Waals surface area contributed by atoms with Crippen molar-refractivity contribution in [3.05, 3.63) is 17.7 Å². The third-order valence-electron chi connectivity index (χ3n) is 3.34. The van der Waals surface area contributed by atoms with Crippen molar-refractivity contribution in [3.63, 3.8) is 0 Å². The first kappa shape index (κ1) is 14.6. The number of aromatic nitrogens is 1. The Morgan fingerprint density at radius 3 is 2.75 bits per heavy atom. The number of anilines is 1. The number of ether oxygens (including phenoxy) is 2. The summed E-state index contributed by atoms with van der Waals surface area (Å²) in [4.78, 5) is 18.2. The Morgan fingerprint density at radius 2 is 2.15 bits per heavy atom. The van der Waals surface area contributed by atoms with Crippen LogP contribution in [-0.4, -0.2) is 50.3 Å². The van der Waals surface area contributed by atoms with E-state index in [9.17, 15) is 4.79 Å². The molecular weight excluding hydrogens is 258 g/mol. The molecule has 0 aliphatic carbocycles. The fourth-order valence-electron chi connectivity index (χ4n) is 2.36. The van der Waals surface area contributed by atoms with Crippen molar-refractivity contribution in [2.75, 3.05) is 38.8 Å². The number of hydrogen-bond acceptors (Lipinski definition) is 6. The number of nitrogens with one attached hydrogen (secondary N) is 1. The summed E-state index contributed by atoms with van der Waals surface area (Å²) in [7, 11) is 2.84. The summed E-state index contributed by atoms with van der Waals surface area (Å²) in [6, 6.07) is 3.53. The van der Waals surface area contributed by atoms with E-state index in [1.165, 1.54) is 14.2 Å². The second-order valence-corrected chi connectivity index (χ2v) is 5.45. The van der Waals surface area contributed by atoms with Crippen molar-refractivity contribution in [2.24, 2.45) is 0 Å². The number of hydrogen-bond donors (Lipinski definition) is 1. The Kier molecular flexibility index (Phi) is 4.13. The molecule has 0 aromatic carbocycles. The van der Waals surface area contributed by atoms with Gasteiger partial charge in [0.05, 0.1) is 14.2 Å². The highest BCUT2D eigenvalue weighted by Crippen LogP contribution is 2.24. The first-order valence-electron chi connectivity index (χ1n) is 6.60. The maximum atomic E-state index is 11.6. The lowest BCUT2D eigenvalue weighted by Gasteiger charge is -2.39. The molecule has 2 rings (SSSR count). The van der Waals surface area contributed by atoms with Gasteiger partial charge in [0.1, 0.15) is 11.4 Å². The molecule has 20 heavy (non-hydrogen) atoms. The molecule has 110 valence electrons. The van der Waals surface area contributed by atoms with Crippen LogP contribution in [0.3, 0.4) is 0 Å². The fraction of sp³-hybridized carbons (Fsp3) is 0.571. The van der Waals surface area contributed by atoms with Crippen LogP contribution in [0.1, 0.15) is 24.2 Å². The summed E-state index contributed by atoms with van der Waals surface area (Å²) in [5.74, 6) is 0.663. The molecule has 1 aromatic rings. The van der Waals surface area contributed by atoms with Crippen molar-refractivity contribution in [1.29, 1.82) is 0 Å². The fourth-order valence-corrected chi connectivity index (χ4v) is 2.36. The van der Waals surface area contributed by atoms with Crippen LogP contribution in [0.5, 0.6) is 5.88 Å². The lowest BCUT2D eigenvalue weighted by Crippen LogP contribution is -2.57. The van der Waals surface area contributed by atoms with Gasteiger partial charge in [-0.3, -0.25) is 0 Å². The molecule has 0 saturated carbocycles. The molecule has 1 aliphatic rings. The molecule has 0 spiro atoms. The summed E-state index contributed by atoms with van der Waals surface area (Å²) in [5, 5.41) is 3.45. The van der Waals surface area contributed by atoms with Gasteiger partial charge in [-0.1, -0.05) is 0 Å². The monoisotopic (exact) mass is 279 g/mol. The highest BCUT2D eigenvalue weighted by atomic mass is 16.5. The van der Waals surface area contributed by atoms with Crippen molar-refractivity contribution < 1.29 is 14.3 Å². The van der Waals surface area contributed by atoms with Crippen molar-refractivity contribution in [2.45, 2.75) is 19.4 Å². The minimum absolute atomic E-state index is 0.0359. The summed E-state index contributed by atoms with van der Waals surface area (Å²) >= 11 is 0. The zero-order valence-electron chi connectivity index (χ0n) is 12.4. The first-order valence-corrected chi connectivity index (χ1v) is 6.60. The molecule has 0 amide bonds. The van der Waals surface area contributed by atoms with Gasteiger partial charge in [-0.2, -0.15) is 4.98 Å². The SMILES string of the molecule is COC(=O)c1ccc(N2CCNC(C)(C)C2)nc1OC. The van der Waals surface area contributed by atoms with Crippen LogP contribution in [0.15, 0.2) is 12.1 Å². The lowest BCUT2D eigenvalue weighted by atomic mass is 10.0. The largest absolute Gasteiger partial charge is 0.480 e. The quantitative estimate of drug-likeness (QED) is 0.835. The molecule has 1 aliphatic heterocycles. The van der Waals surface area contributed by atoms with E-state index in [2.05, 4.69) is 29.0 Å². The van der Waals surface area contributed by atoms with Crippen molar-refractivity contribution in [1.82, 2.24) is 10.3 Å². The van der Waals surface area contributed by atoms with Gasteiger partial charge in [0.25, 0.3) is 0 Å². The zero-order valence-corrected chi connectivity index (χ0v) is 12.4. The van der Waals surface area contributed by atoms with E-state index in [0.29, 0.717) is 11.4 Å². The van der Waals surface area contributed by atoms with E-state index in [1.807, 2.05) is 6.07 Å². The molecule has 0 atom stereocenters. The van der Waals surface area contributed by atoms with Crippen LogP contribution in [0.25, 0.3) is 0 Å². The number of methoxy groups -OCH3 is 2. The van der Waals surface area contributed by atoms with E-state index < -0.39 is 5.97 Å². The van der Waals surface area contributed by atoms with E-state index in [-0.39, 0.29) is 5.54 Å². The molecular formula is C14H21N3O3. The molecule has 6 nitrogen and oxygen atoms in total. The maximum absolute atomic E-state index is 11.6. The molecule has 0 unspecified atom stereocenters. The van der Waals surface area contributed by atoms with Crippen molar-refractivity contribution >= 4 is 11.8 Å². The summed E-state index contributed by atoms with van der Waals surface area (Å²) < 4.78 is 9.91. The second-order valence-electron chi connectivity index (χ2n) is 5.45. The van der Waals surface area contributed by atoms with Crippen LogP contribution in [0, 0.1) is 0 Å². The van der Waals surface area contributed by atoms with Gasteiger partial charge in [0.2, 0.25) is 5.88 Å². The molecule has 0 bridgehead atoms. The number of nitrogens with zero attached hydrogens (tertiary/aromatic N) is 2. The molecule has 1 aromatic heterocycles. The molecule has 1 fully saturated rings. The third kappa shape index (κ3) is 3.01. The number of rotatable bonds is 3. The third-order valence-corrected chi connectivity index (χ3v) is 3.34. The number of esters is 1. The summed E-state index contributed by atoms with van der Waals surface area (Å²) in [5.41, 5.74) is 0.377. The van der Waals surface area contributed by atoms with Crippen LogP contribution in [0.2, 0.25) is 0 Å². The summed E-state index contributed by atoms with van der Waals surface area (Å²) in [6.45, 7) is 6.92. The second kappa shape index (κ2) is 5.66. The standard InChI is InChI=1S/C14H21N3O3/c1-14(2)9-17(8-7-15-14)11-6-5-10(13(18)20-4)12(16-11)19-3/h5-6,15H,7-9H2,1-4H3. The molecule has 1 N–H and O–H groups in total. The van der Waals surface area contributed by atoms with Crippen LogP contribution >= 0.6 is 0 Å². The number of pyridine rings is 1. The number of piperazine rings is 1. The highest BCUT2D eigenvalue weighted by Gasteiger charge is 2.27. The van der Waals surface area contributed by atoms with E-state index in [4.69, 9.17) is 9.47 Å². The minimum atomic E-state index is -0.443. The average molecular weight is 279 g/mol. The van der Waals surface area contributed by atoms with E-state index in [1.54, 1.807) is 6.07 Å². The maximum Gasteiger partial charge on any atom is 0.343 e. The van der Waals surface area contributed by atoms with Gasteiger partial charge in [0, 0.05) is 25.2 Å². The van der Waals surface area contributed by atoms with Gasteiger partial charge in [-0.15, -0.1) is 0 Å². The Morgan fingerprint density at radius 1 is 1.40 bits per heavy atom. The Balaban J connectivity index is 2.27. The van der Waals surface area contributed by atoms with E-state index in [0.717, 1.165) is 25.5 Å². The van der Waals surface area contributed by atoms with Crippen molar-refractivity contribution in [3.8, 4) is 5.88 Å². The summed E-state index contributed by atoms with van der Waals surface area (Å²) in [6.07, 6.45) is 0. The lowest BCUT2D eigenvalue weighted by molar-refractivity contribution is 0.0596. The van der Waals surface area contributed by atoms with Gasteiger partial charge >= 0.3 is 5.97 Å². The predicted octanol–water partition coefficient (Wildman–Crippen LogP) is 1.06. The average Bonchev–Trinajstić information content (AvgIpc) is 2.44. The molecule has 0 radical (unpaired) electrons. The number of carbonyl (C=O) groups excluding carboxylic acids is 1. The van der Waals surface area contributed by atoms with Crippen LogP contribution in [-0.2, 0) is 4.74 Å². The highest BCUT2D eigenvalue weighted by molar-refractivity contribution is 5.92. The Labute approximate surface area is 119 Å². The topological polar surface area (TPSA) is 63.7 Å². The predicted molar refractivity (Wildman–Crippen MR) is 76.4 cm³/mol.